The van der Waals surface area contributed by atoms with E-state index in [1.165, 1.54) is 40.1 Å². The van der Waals surface area contributed by atoms with Crippen LogP contribution in [0.5, 0.6) is 0 Å². The van der Waals surface area contributed by atoms with Crippen molar-refractivity contribution in [2.24, 2.45) is 0 Å². The lowest BCUT2D eigenvalue weighted by Gasteiger charge is -2.18. The Morgan fingerprint density at radius 1 is 1.12 bits per heavy atom. The van der Waals surface area contributed by atoms with Gasteiger partial charge in [0.15, 0.2) is 23.2 Å². The molecule has 16 heteroatoms. The van der Waals surface area contributed by atoms with Crippen molar-refractivity contribution in [3.63, 3.8) is 0 Å². The molecule has 0 spiro atoms. The fourth-order valence-corrected chi connectivity index (χ4v) is 6.15. The third-order valence-corrected chi connectivity index (χ3v) is 8.85. The highest BCUT2D eigenvalue weighted by molar-refractivity contribution is 7.90. The van der Waals surface area contributed by atoms with E-state index in [4.69, 9.17) is 4.74 Å². The van der Waals surface area contributed by atoms with Crippen LogP contribution in [0.1, 0.15) is 47.8 Å². The van der Waals surface area contributed by atoms with Crippen molar-refractivity contribution in [1.29, 1.82) is 0 Å². The third kappa shape index (κ3) is 5.22. The summed E-state index contributed by atoms with van der Waals surface area (Å²) in [5.74, 6) is -0.448. The molecule has 1 aliphatic carbocycles. The minimum absolute atomic E-state index is 0.0388. The molecule has 4 atom stereocenters. The van der Waals surface area contributed by atoms with Gasteiger partial charge in [-0.1, -0.05) is 30.5 Å². The number of amides is 1. The van der Waals surface area contributed by atoms with Gasteiger partial charge in [0.25, 0.3) is 21.9 Å². The van der Waals surface area contributed by atoms with Crippen molar-refractivity contribution in [2.75, 3.05) is 11.9 Å². The van der Waals surface area contributed by atoms with Crippen LogP contribution in [0.4, 0.5) is 5.82 Å². The SMILES string of the molecule is Cc1ccc(S(=O)(=O)NC(=O)c2cnn(-c3nc(NC4CCCC4)c4ncn([C@@H]5O[C@H](CO)C(O)C5O)c4n3)c2)cc1. The van der Waals surface area contributed by atoms with Crippen molar-refractivity contribution >= 4 is 32.9 Å². The van der Waals surface area contributed by atoms with Gasteiger partial charge in [-0.3, -0.25) is 9.36 Å². The predicted molar refractivity (Wildman–Crippen MR) is 147 cm³/mol. The van der Waals surface area contributed by atoms with E-state index in [2.05, 4.69) is 25.4 Å². The van der Waals surface area contributed by atoms with E-state index in [-0.39, 0.29) is 28.1 Å². The number of hydrogen-bond acceptors (Lipinski definition) is 12. The number of rotatable bonds is 8. The van der Waals surface area contributed by atoms with Crippen LogP contribution >= 0.6 is 0 Å². The topological polar surface area (TPSA) is 207 Å². The second-order valence-electron chi connectivity index (χ2n) is 10.5. The predicted octanol–water partition coefficient (Wildman–Crippen LogP) is 0.405. The molecule has 1 amide bonds. The number of sulfonamides is 1. The molecular formula is C26H30N8O7S. The van der Waals surface area contributed by atoms with Crippen LogP contribution in [0.25, 0.3) is 17.1 Å². The molecule has 3 aromatic heterocycles. The quantitative estimate of drug-likeness (QED) is 0.187. The number of imidazole rings is 1. The third-order valence-electron chi connectivity index (χ3n) is 7.50. The Labute approximate surface area is 240 Å². The first-order valence-corrected chi connectivity index (χ1v) is 15.0. The number of fused-ring (bicyclic) bond motifs is 1. The normalized spacial score (nSPS) is 23.0. The summed E-state index contributed by atoms with van der Waals surface area (Å²) in [4.78, 5) is 26.4. The Morgan fingerprint density at radius 2 is 1.86 bits per heavy atom. The number of carbonyl (C=O) groups excluding carboxylic acids is 1. The molecule has 1 aromatic carbocycles. The zero-order chi connectivity index (χ0) is 29.6. The van der Waals surface area contributed by atoms with E-state index in [0.717, 1.165) is 31.2 Å². The van der Waals surface area contributed by atoms with Crippen LogP contribution in [-0.2, 0) is 14.8 Å². The maximum Gasteiger partial charge on any atom is 0.268 e. The highest BCUT2D eigenvalue weighted by Crippen LogP contribution is 2.33. The molecule has 42 heavy (non-hydrogen) atoms. The largest absolute Gasteiger partial charge is 0.394 e. The highest BCUT2D eigenvalue weighted by Gasteiger charge is 2.44. The molecule has 6 rings (SSSR count). The Hall–Kier alpha value is -3.96. The summed E-state index contributed by atoms with van der Waals surface area (Å²) in [6.45, 7) is 1.33. The van der Waals surface area contributed by atoms with Gasteiger partial charge in [0.2, 0.25) is 0 Å². The molecule has 2 fully saturated rings. The monoisotopic (exact) mass is 598 g/mol. The number of anilines is 1. The van der Waals surface area contributed by atoms with E-state index in [1.54, 1.807) is 12.1 Å². The number of benzene rings is 1. The lowest BCUT2D eigenvalue weighted by Crippen LogP contribution is -2.33. The van der Waals surface area contributed by atoms with Gasteiger partial charge in [-0.15, -0.1) is 0 Å². The van der Waals surface area contributed by atoms with Crippen LogP contribution in [-0.4, -0.2) is 89.9 Å². The molecule has 2 unspecified atom stereocenters. The molecule has 0 radical (unpaired) electrons. The highest BCUT2D eigenvalue weighted by atomic mass is 32.2. The van der Waals surface area contributed by atoms with E-state index >= 15 is 0 Å². The van der Waals surface area contributed by atoms with Crippen molar-refractivity contribution in [3.05, 3.63) is 54.1 Å². The number of ether oxygens (including phenoxy) is 1. The molecular weight excluding hydrogens is 568 g/mol. The molecule has 4 aromatic rings. The number of aliphatic hydroxyl groups excluding tert-OH is 3. The summed E-state index contributed by atoms with van der Waals surface area (Å²) < 4.78 is 35.8. The van der Waals surface area contributed by atoms with E-state index in [9.17, 15) is 28.5 Å². The van der Waals surface area contributed by atoms with Gasteiger partial charge < -0.3 is 25.4 Å². The fraction of sp³-hybridized carbons (Fsp3) is 0.423. The summed E-state index contributed by atoms with van der Waals surface area (Å²) >= 11 is 0. The van der Waals surface area contributed by atoms with Gasteiger partial charge >= 0.3 is 0 Å². The maximum atomic E-state index is 12.9. The second kappa shape index (κ2) is 11.0. The number of nitrogens with one attached hydrogen (secondary N) is 2. The van der Waals surface area contributed by atoms with Crippen LogP contribution < -0.4 is 10.0 Å². The van der Waals surface area contributed by atoms with Crippen molar-refractivity contribution < 1.29 is 33.3 Å². The van der Waals surface area contributed by atoms with Gasteiger partial charge in [0, 0.05) is 12.2 Å². The number of aromatic nitrogens is 6. The molecule has 2 aliphatic rings. The van der Waals surface area contributed by atoms with Crippen molar-refractivity contribution in [3.8, 4) is 5.95 Å². The van der Waals surface area contributed by atoms with E-state index in [1.807, 2.05) is 11.6 Å². The number of hydrogen-bond donors (Lipinski definition) is 5. The molecule has 15 nitrogen and oxygen atoms in total. The second-order valence-corrected chi connectivity index (χ2v) is 12.2. The maximum absolute atomic E-state index is 12.9. The average molecular weight is 599 g/mol. The lowest BCUT2D eigenvalue weighted by atomic mass is 10.1. The molecule has 5 N–H and O–H groups in total. The lowest BCUT2D eigenvalue weighted by molar-refractivity contribution is -0.0511. The number of aliphatic hydroxyl groups is 3. The summed E-state index contributed by atoms with van der Waals surface area (Å²) in [5.41, 5.74) is 1.47. The van der Waals surface area contributed by atoms with Crippen molar-refractivity contribution in [1.82, 2.24) is 34.0 Å². The van der Waals surface area contributed by atoms with Gasteiger partial charge in [0.05, 0.1) is 29.6 Å². The molecule has 1 saturated heterocycles. The molecule has 4 heterocycles. The van der Waals surface area contributed by atoms with Crippen LogP contribution in [0.2, 0.25) is 0 Å². The van der Waals surface area contributed by atoms with Gasteiger partial charge in [-0.05, 0) is 31.9 Å². The standard InChI is InChI=1S/C26H30N8O7S/c1-14-6-8-17(9-7-14)42(39,40)32-24(38)15-10-28-34(11-15)26-30-22(29-16-4-2-3-5-16)19-23(31-26)33(13-27-19)25-21(37)20(36)18(12-35)41-25/h6-11,13,16,18,20-21,25,35-37H,2-5,12H2,1H3,(H,32,38)(H,29,30,31)/t18-,20?,21?,25-/m1/s1. The molecule has 1 saturated carbocycles. The zero-order valence-corrected chi connectivity index (χ0v) is 23.3. The molecule has 1 aliphatic heterocycles. The minimum Gasteiger partial charge on any atom is -0.394 e. The first kappa shape index (κ1) is 28.2. The Kier molecular flexibility index (Phi) is 7.40. The van der Waals surface area contributed by atoms with Crippen molar-refractivity contribution in [2.45, 2.75) is 68.1 Å². The average Bonchev–Trinajstić information content (AvgIpc) is 3.77. The Bertz CT molecular complexity index is 1720. The summed E-state index contributed by atoms with van der Waals surface area (Å²) in [6.07, 6.45) is 3.15. The summed E-state index contributed by atoms with van der Waals surface area (Å²) in [6, 6.07) is 6.23. The summed E-state index contributed by atoms with van der Waals surface area (Å²) in [5, 5.41) is 38.0. The first-order chi connectivity index (χ1) is 20.1. The van der Waals surface area contributed by atoms with Crippen LogP contribution in [0, 0.1) is 6.92 Å². The van der Waals surface area contributed by atoms with E-state index in [0.29, 0.717) is 11.3 Å². The smallest absolute Gasteiger partial charge is 0.268 e. The zero-order valence-electron chi connectivity index (χ0n) is 22.5. The molecule has 222 valence electrons. The fourth-order valence-electron chi connectivity index (χ4n) is 5.17. The Balaban J connectivity index is 1.34. The van der Waals surface area contributed by atoms with Crippen LogP contribution in [0.3, 0.4) is 0 Å². The van der Waals surface area contributed by atoms with E-state index < -0.39 is 47.1 Å². The number of nitrogens with zero attached hydrogens (tertiary/aromatic N) is 6. The Morgan fingerprint density at radius 3 is 2.55 bits per heavy atom. The summed E-state index contributed by atoms with van der Waals surface area (Å²) in [7, 11) is -4.12. The number of aryl methyl sites for hydroxylation is 1. The van der Waals surface area contributed by atoms with Crippen LogP contribution in [0.15, 0.2) is 47.9 Å². The molecule has 0 bridgehead atoms. The van der Waals surface area contributed by atoms with Gasteiger partial charge in [-0.25, -0.2) is 22.8 Å². The number of carbonyl (C=O) groups is 1. The van der Waals surface area contributed by atoms with Gasteiger partial charge in [0.1, 0.15) is 18.3 Å². The first-order valence-electron chi connectivity index (χ1n) is 13.5. The van der Waals surface area contributed by atoms with Gasteiger partial charge in [-0.2, -0.15) is 15.1 Å². The minimum atomic E-state index is -4.12.